The van der Waals surface area contributed by atoms with Gasteiger partial charge in [0.2, 0.25) is 0 Å². The van der Waals surface area contributed by atoms with Gasteiger partial charge in [0.25, 0.3) is 11.8 Å². The average Bonchev–Trinajstić information content (AvgIpc) is 2.61. The van der Waals surface area contributed by atoms with Gasteiger partial charge >= 0.3 is 5.96 Å². The number of hydrogen-bond donors (Lipinski definition) is 3. The van der Waals surface area contributed by atoms with Crippen LogP contribution in [0.15, 0.2) is 30.3 Å². The summed E-state index contributed by atoms with van der Waals surface area (Å²) in [6.07, 6.45) is 3.62. The Labute approximate surface area is 136 Å². The predicted molar refractivity (Wildman–Crippen MR) is 86.8 cm³/mol. The maximum Gasteiger partial charge on any atom is 0.353 e. The van der Waals surface area contributed by atoms with E-state index >= 15 is 0 Å². The number of amides is 2. The van der Waals surface area contributed by atoms with Crippen LogP contribution in [-0.4, -0.2) is 41.5 Å². The second-order valence-corrected chi connectivity index (χ2v) is 6.05. The van der Waals surface area contributed by atoms with Crippen LogP contribution in [0.3, 0.4) is 0 Å². The molecule has 2 fully saturated rings. The van der Waals surface area contributed by atoms with E-state index in [0.29, 0.717) is 12.5 Å². The molecule has 0 radical (unpaired) electrons. The van der Waals surface area contributed by atoms with Gasteiger partial charge in [0.05, 0.1) is 19.5 Å². The van der Waals surface area contributed by atoms with Crippen LogP contribution in [0.25, 0.3) is 0 Å². The Morgan fingerprint density at radius 2 is 1.91 bits per heavy atom. The maximum absolute atomic E-state index is 12.4. The molecule has 1 aromatic carbocycles. The predicted octanol–water partition coefficient (Wildman–Crippen LogP) is 0.333. The summed E-state index contributed by atoms with van der Waals surface area (Å²) in [4.78, 5) is 24.3. The quantitative estimate of drug-likeness (QED) is 0.704. The molecular weight excluding hydrogens is 292 g/mol. The highest BCUT2D eigenvalue weighted by Gasteiger charge is 2.35. The monoisotopic (exact) mass is 315 g/mol. The number of carbonyl (C=O) groups is 2. The number of piperidine rings is 1. The van der Waals surface area contributed by atoms with Crippen molar-refractivity contribution in [3.63, 3.8) is 0 Å². The highest BCUT2D eigenvalue weighted by atomic mass is 16.2. The van der Waals surface area contributed by atoms with Crippen molar-refractivity contribution >= 4 is 17.8 Å². The first-order chi connectivity index (χ1) is 11.2. The number of carbonyl (C=O) groups excluding carboxylic acids is 2. The molecule has 0 aliphatic carbocycles. The highest BCUT2D eigenvalue weighted by molar-refractivity contribution is 6.02. The second kappa shape index (κ2) is 7.26. The largest absolute Gasteiger partial charge is 0.353 e. The van der Waals surface area contributed by atoms with E-state index in [9.17, 15) is 9.59 Å². The van der Waals surface area contributed by atoms with Crippen LogP contribution < -0.4 is 16.0 Å². The van der Waals surface area contributed by atoms with Gasteiger partial charge in [-0.3, -0.25) is 19.5 Å². The summed E-state index contributed by atoms with van der Waals surface area (Å²) >= 11 is 0. The SMILES string of the molecule is O=C1C[C@H](C(=O)NCc2ccccc2)NC(=[N+]2CCCCC2)N1. The summed E-state index contributed by atoms with van der Waals surface area (Å²) in [5.74, 6) is 0.434. The lowest BCUT2D eigenvalue weighted by Crippen LogP contribution is -2.61. The number of nitrogens with zero attached hydrogens (tertiary/aromatic N) is 1. The van der Waals surface area contributed by atoms with Crippen LogP contribution in [0.5, 0.6) is 0 Å². The third-order valence-electron chi connectivity index (χ3n) is 4.26. The molecule has 3 rings (SSSR count). The van der Waals surface area contributed by atoms with Crippen molar-refractivity contribution in [3.8, 4) is 0 Å². The Morgan fingerprint density at radius 3 is 2.65 bits per heavy atom. The Morgan fingerprint density at radius 1 is 1.17 bits per heavy atom. The minimum absolute atomic E-state index is 0.107. The third-order valence-corrected chi connectivity index (χ3v) is 4.26. The Kier molecular flexibility index (Phi) is 4.90. The molecule has 2 aliphatic rings. The Hall–Kier alpha value is -2.37. The number of benzene rings is 1. The van der Waals surface area contributed by atoms with Crippen LogP contribution in [-0.2, 0) is 16.1 Å². The van der Waals surface area contributed by atoms with E-state index in [1.807, 2.05) is 30.3 Å². The zero-order chi connectivity index (χ0) is 16.1. The van der Waals surface area contributed by atoms with Gasteiger partial charge in [-0.2, -0.15) is 0 Å². The highest BCUT2D eigenvalue weighted by Crippen LogP contribution is 2.06. The van der Waals surface area contributed by atoms with E-state index in [4.69, 9.17) is 0 Å². The molecule has 2 heterocycles. The smallest absolute Gasteiger partial charge is 0.349 e. The number of hydrogen-bond acceptors (Lipinski definition) is 2. The topological polar surface area (TPSA) is 73.2 Å². The molecule has 1 atom stereocenters. The summed E-state index contributed by atoms with van der Waals surface area (Å²) in [5, 5.41) is 8.94. The zero-order valence-corrected chi connectivity index (χ0v) is 13.2. The van der Waals surface area contributed by atoms with E-state index < -0.39 is 6.04 Å². The fraction of sp³-hybridized carbons (Fsp3) is 0.471. The van der Waals surface area contributed by atoms with E-state index in [2.05, 4.69) is 20.5 Å². The van der Waals surface area contributed by atoms with Crippen LogP contribution in [0.4, 0.5) is 0 Å². The van der Waals surface area contributed by atoms with Crippen molar-refractivity contribution in [1.82, 2.24) is 16.0 Å². The average molecular weight is 315 g/mol. The van der Waals surface area contributed by atoms with E-state index in [0.717, 1.165) is 31.5 Å². The second-order valence-electron chi connectivity index (χ2n) is 6.05. The van der Waals surface area contributed by atoms with Crippen molar-refractivity contribution in [2.24, 2.45) is 0 Å². The van der Waals surface area contributed by atoms with Crippen molar-refractivity contribution in [2.45, 2.75) is 38.3 Å². The first-order valence-corrected chi connectivity index (χ1v) is 8.22. The van der Waals surface area contributed by atoms with Gasteiger partial charge in [0, 0.05) is 6.54 Å². The van der Waals surface area contributed by atoms with Crippen molar-refractivity contribution in [3.05, 3.63) is 35.9 Å². The minimum Gasteiger partial charge on any atom is -0.349 e. The van der Waals surface area contributed by atoms with Gasteiger partial charge in [0.15, 0.2) is 6.04 Å². The van der Waals surface area contributed by atoms with E-state index in [1.54, 1.807) is 0 Å². The normalized spacial score (nSPS) is 21.4. The Balaban J connectivity index is 1.62. The molecular formula is C17H23N4O2+. The van der Waals surface area contributed by atoms with Crippen molar-refractivity contribution in [2.75, 3.05) is 13.1 Å². The fourth-order valence-corrected chi connectivity index (χ4v) is 2.97. The van der Waals surface area contributed by atoms with Crippen LogP contribution in [0.1, 0.15) is 31.2 Å². The van der Waals surface area contributed by atoms with Crippen LogP contribution in [0, 0.1) is 0 Å². The molecule has 0 spiro atoms. The third kappa shape index (κ3) is 4.09. The lowest BCUT2D eigenvalue weighted by atomic mass is 10.1. The first-order valence-electron chi connectivity index (χ1n) is 8.22. The van der Waals surface area contributed by atoms with Gasteiger partial charge in [-0.1, -0.05) is 30.3 Å². The molecule has 0 unspecified atom stereocenters. The van der Waals surface area contributed by atoms with Gasteiger partial charge < -0.3 is 5.32 Å². The molecule has 6 nitrogen and oxygen atoms in total. The van der Waals surface area contributed by atoms with Gasteiger partial charge in [-0.25, -0.2) is 5.32 Å². The van der Waals surface area contributed by atoms with Crippen LogP contribution >= 0.6 is 0 Å². The van der Waals surface area contributed by atoms with Crippen molar-refractivity contribution < 1.29 is 14.2 Å². The van der Waals surface area contributed by atoms with E-state index in [-0.39, 0.29) is 18.2 Å². The molecule has 2 aliphatic heterocycles. The minimum atomic E-state index is -0.510. The summed E-state index contributed by atoms with van der Waals surface area (Å²) in [6.45, 7) is 2.31. The number of rotatable bonds is 3. The maximum atomic E-state index is 12.4. The standard InChI is InChI=1S/C17H22N4O2/c22-15-11-14(16(23)18-12-13-7-3-1-4-8-13)19-17(20-15)21-9-5-2-6-10-21/h1,3-4,7-8,14H,2,5-6,9-12H2,(H2,18,19,20,22,23)/p+1/t14-/m1/s1. The first kappa shape index (κ1) is 15.5. The Bertz CT molecular complexity index is 604. The molecule has 2 saturated heterocycles. The molecule has 1 aromatic rings. The molecule has 0 bridgehead atoms. The molecule has 3 N–H and O–H groups in total. The summed E-state index contributed by atoms with van der Waals surface area (Å²) < 4.78 is 2.12. The molecule has 6 heteroatoms. The summed E-state index contributed by atoms with van der Waals surface area (Å²) in [5.41, 5.74) is 1.04. The molecule has 0 aromatic heterocycles. The van der Waals surface area contributed by atoms with Crippen LogP contribution in [0.2, 0.25) is 0 Å². The zero-order valence-electron chi connectivity index (χ0n) is 13.2. The summed E-state index contributed by atoms with van der Waals surface area (Å²) in [7, 11) is 0. The van der Waals surface area contributed by atoms with Gasteiger partial charge in [0.1, 0.15) is 0 Å². The van der Waals surface area contributed by atoms with Gasteiger partial charge in [-0.05, 0) is 24.8 Å². The molecule has 2 amide bonds. The number of guanidine groups is 1. The summed E-state index contributed by atoms with van der Waals surface area (Å²) in [6, 6.07) is 9.24. The van der Waals surface area contributed by atoms with Crippen molar-refractivity contribution in [1.29, 1.82) is 0 Å². The van der Waals surface area contributed by atoms with Gasteiger partial charge in [-0.15, -0.1) is 0 Å². The molecule has 23 heavy (non-hydrogen) atoms. The number of nitrogens with one attached hydrogen (secondary N) is 3. The lowest BCUT2D eigenvalue weighted by Gasteiger charge is -2.24. The molecule has 122 valence electrons. The van der Waals surface area contributed by atoms with E-state index in [1.165, 1.54) is 6.42 Å². The molecule has 0 saturated carbocycles. The lowest BCUT2D eigenvalue weighted by molar-refractivity contribution is -0.541. The fourth-order valence-electron chi connectivity index (χ4n) is 2.97.